The van der Waals surface area contributed by atoms with Crippen LogP contribution in [-0.2, 0) is 13.6 Å². The van der Waals surface area contributed by atoms with Crippen molar-refractivity contribution in [2.45, 2.75) is 6.54 Å². The minimum Gasteiger partial charge on any atom is -0.396 e. The summed E-state index contributed by atoms with van der Waals surface area (Å²) in [6.45, 7) is 0.316. The molecular weight excluding hydrogens is 323 g/mol. The highest BCUT2D eigenvalue weighted by atomic mass is 19.1. The van der Waals surface area contributed by atoms with E-state index in [1.807, 2.05) is 13.2 Å². The van der Waals surface area contributed by atoms with Crippen LogP contribution in [0.25, 0.3) is 11.0 Å². The lowest BCUT2D eigenvalue weighted by Gasteiger charge is -2.08. The van der Waals surface area contributed by atoms with Crippen LogP contribution in [-0.4, -0.2) is 29.5 Å². The van der Waals surface area contributed by atoms with Gasteiger partial charge in [-0.2, -0.15) is 15.2 Å². The maximum Gasteiger partial charge on any atom is 0.229 e. The summed E-state index contributed by atoms with van der Waals surface area (Å²) in [5.41, 5.74) is 7.98. The SMILES string of the molecule is Cn1cc(Nc2ncc3cnn(Cc4cccc(F)c4N)c3n2)cn1. The standard InChI is InChI=1S/C16H15FN8/c1-24-9-12(7-20-24)22-16-19-5-11-6-21-25(15(11)23-16)8-10-3-2-4-13(17)14(10)18/h2-7,9H,8,18H2,1H3,(H,19,22,23). The molecule has 0 aliphatic heterocycles. The summed E-state index contributed by atoms with van der Waals surface area (Å²) in [4.78, 5) is 8.76. The van der Waals surface area contributed by atoms with Crippen molar-refractivity contribution in [3.05, 3.63) is 54.4 Å². The van der Waals surface area contributed by atoms with Gasteiger partial charge in [0.25, 0.3) is 0 Å². The maximum atomic E-state index is 13.6. The van der Waals surface area contributed by atoms with E-state index in [2.05, 4.69) is 25.5 Å². The number of nitrogens with two attached hydrogens (primary N) is 1. The highest BCUT2D eigenvalue weighted by Gasteiger charge is 2.11. The number of rotatable bonds is 4. The van der Waals surface area contributed by atoms with E-state index < -0.39 is 5.82 Å². The third kappa shape index (κ3) is 2.87. The summed E-state index contributed by atoms with van der Waals surface area (Å²) >= 11 is 0. The molecule has 4 rings (SSSR count). The molecule has 0 aliphatic rings. The molecule has 4 aromatic rings. The van der Waals surface area contributed by atoms with Gasteiger partial charge in [0.15, 0.2) is 5.65 Å². The van der Waals surface area contributed by atoms with Gasteiger partial charge in [-0.05, 0) is 11.6 Å². The largest absolute Gasteiger partial charge is 0.396 e. The Bertz CT molecular complexity index is 1050. The molecule has 25 heavy (non-hydrogen) atoms. The molecule has 0 fully saturated rings. The van der Waals surface area contributed by atoms with Gasteiger partial charge in [-0.15, -0.1) is 0 Å². The molecule has 9 heteroatoms. The van der Waals surface area contributed by atoms with Gasteiger partial charge >= 0.3 is 0 Å². The van der Waals surface area contributed by atoms with E-state index in [0.717, 1.165) is 11.1 Å². The fraction of sp³-hybridized carbons (Fsp3) is 0.125. The van der Waals surface area contributed by atoms with Crippen molar-refractivity contribution in [2.24, 2.45) is 7.05 Å². The Labute approximate surface area is 142 Å². The summed E-state index contributed by atoms with van der Waals surface area (Å²) in [6, 6.07) is 4.72. The van der Waals surface area contributed by atoms with Gasteiger partial charge in [0.05, 0.1) is 35.7 Å². The molecule has 3 heterocycles. The molecule has 3 N–H and O–H groups in total. The molecule has 3 aromatic heterocycles. The first-order valence-electron chi connectivity index (χ1n) is 7.57. The highest BCUT2D eigenvalue weighted by Crippen LogP contribution is 2.20. The lowest BCUT2D eigenvalue weighted by molar-refractivity contribution is 0.626. The molecule has 0 radical (unpaired) electrons. The van der Waals surface area contributed by atoms with Crippen molar-refractivity contribution < 1.29 is 4.39 Å². The van der Waals surface area contributed by atoms with Crippen molar-refractivity contribution in [3.8, 4) is 0 Å². The Kier molecular flexibility index (Phi) is 3.53. The molecular formula is C16H15FN8. The number of aromatic nitrogens is 6. The number of nitrogen functional groups attached to an aromatic ring is 1. The van der Waals surface area contributed by atoms with E-state index in [9.17, 15) is 4.39 Å². The van der Waals surface area contributed by atoms with E-state index in [0.29, 0.717) is 23.7 Å². The summed E-state index contributed by atoms with van der Waals surface area (Å²) in [5, 5.41) is 12.3. The van der Waals surface area contributed by atoms with Gasteiger partial charge in [-0.25, -0.2) is 14.1 Å². The monoisotopic (exact) mass is 338 g/mol. The number of para-hydroxylation sites is 1. The van der Waals surface area contributed by atoms with Crippen LogP contribution in [0.1, 0.15) is 5.56 Å². The molecule has 1 aromatic carbocycles. The average molecular weight is 338 g/mol. The Balaban J connectivity index is 1.67. The number of nitrogens with one attached hydrogen (secondary N) is 1. The normalized spacial score (nSPS) is 11.1. The molecule has 0 bridgehead atoms. The zero-order valence-electron chi connectivity index (χ0n) is 13.4. The molecule has 0 unspecified atom stereocenters. The number of hydrogen-bond donors (Lipinski definition) is 2. The predicted octanol–water partition coefficient (Wildman–Crippen LogP) is 2.07. The minimum atomic E-state index is -0.442. The zero-order valence-corrected chi connectivity index (χ0v) is 13.4. The number of halogens is 1. The number of aryl methyl sites for hydroxylation is 1. The molecule has 0 aliphatic carbocycles. The number of hydrogen-bond acceptors (Lipinski definition) is 6. The van der Waals surface area contributed by atoms with Gasteiger partial charge in [0.1, 0.15) is 5.82 Å². The molecule has 0 saturated carbocycles. The first-order chi connectivity index (χ1) is 12.1. The Hall–Kier alpha value is -3.49. The number of nitrogens with zero attached hydrogens (tertiary/aromatic N) is 6. The van der Waals surface area contributed by atoms with Crippen molar-refractivity contribution in [1.82, 2.24) is 29.5 Å². The topological polar surface area (TPSA) is 99.5 Å². The fourth-order valence-corrected chi connectivity index (χ4v) is 2.54. The highest BCUT2D eigenvalue weighted by molar-refractivity contribution is 5.75. The lowest BCUT2D eigenvalue weighted by Crippen LogP contribution is -2.07. The van der Waals surface area contributed by atoms with E-state index in [1.54, 1.807) is 40.1 Å². The van der Waals surface area contributed by atoms with Crippen molar-refractivity contribution >= 4 is 28.4 Å². The molecule has 0 atom stereocenters. The minimum absolute atomic E-state index is 0.119. The Morgan fingerprint density at radius 3 is 2.88 bits per heavy atom. The number of anilines is 3. The fourth-order valence-electron chi connectivity index (χ4n) is 2.54. The number of benzene rings is 1. The third-order valence-electron chi connectivity index (χ3n) is 3.80. The van der Waals surface area contributed by atoms with Crippen LogP contribution >= 0.6 is 0 Å². The first-order valence-corrected chi connectivity index (χ1v) is 7.57. The van der Waals surface area contributed by atoms with Crippen molar-refractivity contribution in [1.29, 1.82) is 0 Å². The quantitative estimate of drug-likeness (QED) is 0.553. The molecule has 8 nitrogen and oxygen atoms in total. The Morgan fingerprint density at radius 1 is 1.20 bits per heavy atom. The van der Waals surface area contributed by atoms with Crippen molar-refractivity contribution in [2.75, 3.05) is 11.1 Å². The second kappa shape index (κ2) is 5.86. The van der Waals surface area contributed by atoms with Crippen LogP contribution < -0.4 is 11.1 Å². The average Bonchev–Trinajstić information content (AvgIpc) is 3.18. The Morgan fingerprint density at radius 2 is 2.08 bits per heavy atom. The van der Waals surface area contributed by atoms with E-state index >= 15 is 0 Å². The zero-order chi connectivity index (χ0) is 17.4. The van der Waals surface area contributed by atoms with Gasteiger partial charge in [-0.1, -0.05) is 12.1 Å². The van der Waals surface area contributed by atoms with Crippen LogP contribution in [0, 0.1) is 5.82 Å². The maximum absolute atomic E-state index is 13.6. The first kappa shape index (κ1) is 15.1. The number of fused-ring (bicyclic) bond motifs is 1. The third-order valence-corrected chi connectivity index (χ3v) is 3.80. The lowest BCUT2D eigenvalue weighted by atomic mass is 10.2. The summed E-state index contributed by atoms with van der Waals surface area (Å²) < 4.78 is 17.0. The van der Waals surface area contributed by atoms with Crippen LogP contribution in [0.3, 0.4) is 0 Å². The van der Waals surface area contributed by atoms with Gasteiger partial charge < -0.3 is 11.1 Å². The van der Waals surface area contributed by atoms with Crippen LogP contribution in [0.5, 0.6) is 0 Å². The van der Waals surface area contributed by atoms with Crippen molar-refractivity contribution in [3.63, 3.8) is 0 Å². The molecule has 126 valence electrons. The second-order valence-corrected chi connectivity index (χ2v) is 5.62. The molecule has 0 saturated heterocycles. The summed E-state index contributed by atoms with van der Waals surface area (Å²) in [5.74, 6) is -0.0167. The van der Waals surface area contributed by atoms with Crippen LogP contribution in [0.2, 0.25) is 0 Å². The van der Waals surface area contributed by atoms with Gasteiger partial charge in [-0.3, -0.25) is 4.68 Å². The van der Waals surface area contributed by atoms with Crippen LogP contribution in [0.15, 0.2) is 43.0 Å². The van der Waals surface area contributed by atoms with Gasteiger partial charge in [0.2, 0.25) is 5.95 Å². The second-order valence-electron chi connectivity index (χ2n) is 5.62. The van der Waals surface area contributed by atoms with E-state index in [-0.39, 0.29) is 5.69 Å². The molecule has 0 amide bonds. The van der Waals surface area contributed by atoms with Gasteiger partial charge in [0, 0.05) is 19.4 Å². The molecule has 0 spiro atoms. The summed E-state index contributed by atoms with van der Waals surface area (Å²) in [6.07, 6.45) is 6.84. The summed E-state index contributed by atoms with van der Waals surface area (Å²) in [7, 11) is 1.83. The predicted molar refractivity (Wildman–Crippen MR) is 91.7 cm³/mol. The van der Waals surface area contributed by atoms with E-state index in [1.165, 1.54) is 6.07 Å². The van der Waals surface area contributed by atoms with Crippen LogP contribution in [0.4, 0.5) is 21.7 Å². The smallest absolute Gasteiger partial charge is 0.229 e. The van der Waals surface area contributed by atoms with E-state index in [4.69, 9.17) is 5.73 Å².